The van der Waals surface area contributed by atoms with Crippen LogP contribution in [0.3, 0.4) is 0 Å². The van der Waals surface area contributed by atoms with Crippen LogP contribution in [0, 0.1) is 0 Å². The maximum atomic E-state index is 12.7. The van der Waals surface area contributed by atoms with E-state index >= 15 is 0 Å². The molecule has 0 fully saturated rings. The van der Waals surface area contributed by atoms with Crippen molar-refractivity contribution >= 4 is 11.8 Å². The van der Waals surface area contributed by atoms with Gasteiger partial charge in [-0.15, -0.1) is 0 Å². The molecule has 118 valence electrons. The summed E-state index contributed by atoms with van der Waals surface area (Å²) in [7, 11) is 0. The Balaban J connectivity index is 2.38. The van der Waals surface area contributed by atoms with E-state index in [0.29, 0.717) is 23.1 Å². The topological polar surface area (TPSA) is 43.4 Å². The van der Waals surface area contributed by atoms with Gasteiger partial charge in [0.1, 0.15) is 6.10 Å². The molecule has 3 heteroatoms. The molecule has 0 radical (unpaired) electrons. The highest BCUT2D eigenvalue weighted by atomic mass is 16.5. The molecule has 3 nitrogen and oxygen atoms in total. The van der Waals surface area contributed by atoms with Crippen molar-refractivity contribution in [2.45, 2.75) is 26.4 Å². The van der Waals surface area contributed by atoms with E-state index in [4.69, 9.17) is 4.74 Å². The molecule has 0 N–H and O–H groups in total. The number of hydrogen-bond acceptors (Lipinski definition) is 3. The van der Waals surface area contributed by atoms with Crippen LogP contribution >= 0.6 is 0 Å². The van der Waals surface area contributed by atoms with E-state index in [1.54, 1.807) is 25.1 Å². The molecule has 0 bridgehead atoms. The largest absolute Gasteiger partial charge is 0.454 e. The third kappa shape index (κ3) is 3.95. The van der Waals surface area contributed by atoms with Crippen LogP contribution in [0.15, 0.2) is 66.7 Å². The number of ether oxygens (including phenoxy) is 1. The van der Waals surface area contributed by atoms with Crippen LogP contribution in [-0.2, 0) is 9.53 Å². The van der Waals surface area contributed by atoms with E-state index in [0.717, 1.165) is 5.56 Å². The molecule has 0 aliphatic rings. The normalized spacial score (nSPS) is 11.6. The molecule has 23 heavy (non-hydrogen) atoms. The summed E-state index contributed by atoms with van der Waals surface area (Å²) in [5.74, 6) is -0.523. The SMILES string of the molecule is C=C(C)C(=O)OC(CC)c1ccccc1C(=O)c1ccccc1. The van der Waals surface area contributed by atoms with Gasteiger partial charge < -0.3 is 4.74 Å². The summed E-state index contributed by atoms with van der Waals surface area (Å²) in [6, 6.07) is 16.3. The maximum absolute atomic E-state index is 12.7. The number of rotatable bonds is 6. The van der Waals surface area contributed by atoms with E-state index < -0.39 is 12.1 Å². The highest BCUT2D eigenvalue weighted by molar-refractivity contribution is 6.10. The van der Waals surface area contributed by atoms with E-state index in [1.807, 2.05) is 43.3 Å². The first-order valence-corrected chi connectivity index (χ1v) is 7.59. The van der Waals surface area contributed by atoms with Gasteiger partial charge in [-0.25, -0.2) is 4.79 Å². The van der Waals surface area contributed by atoms with Crippen LogP contribution in [0.2, 0.25) is 0 Å². The molecule has 2 rings (SSSR count). The summed E-state index contributed by atoms with van der Waals surface area (Å²) >= 11 is 0. The molecule has 0 spiro atoms. The van der Waals surface area contributed by atoms with Crippen LogP contribution in [0.4, 0.5) is 0 Å². The van der Waals surface area contributed by atoms with Crippen molar-refractivity contribution in [3.05, 3.63) is 83.4 Å². The van der Waals surface area contributed by atoms with Gasteiger partial charge in [0.25, 0.3) is 0 Å². The lowest BCUT2D eigenvalue weighted by atomic mass is 9.94. The van der Waals surface area contributed by atoms with E-state index in [1.165, 1.54) is 0 Å². The Bertz CT molecular complexity index is 717. The number of carbonyl (C=O) groups excluding carboxylic acids is 2. The minimum atomic E-state index is -0.469. The first-order chi connectivity index (χ1) is 11.0. The van der Waals surface area contributed by atoms with Crippen LogP contribution in [-0.4, -0.2) is 11.8 Å². The fraction of sp³-hybridized carbons (Fsp3) is 0.200. The van der Waals surface area contributed by atoms with Crippen LogP contribution in [0.5, 0.6) is 0 Å². The number of hydrogen-bond donors (Lipinski definition) is 0. The second-order valence-electron chi connectivity index (χ2n) is 5.36. The Labute approximate surface area is 136 Å². The first-order valence-electron chi connectivity index (χ1n) is 7.59. The van der Waals surface area contributed by atoms with Gasteiger partial charge in [-0.2, -0.15) is 0 Å². The first kappa shape index (κ1) is 16.7. The third-order valence-electron chi connectivity index (χ3n) is 3.56. The summed E-state index contributed by atoms with van der Waals surface area (Å²) in [5, 5.41) is 0. The predicted octanol–water partition coefficient (Wildman–Crippen LogP) is 4.49. The van der Waals surface area contributed by atoms with Crippen molar-refractivity contribution in [3.8, 4) is 0 Å². The van der Waals surface area contributed by atoms with Gasteiger partial charge in [0.15, 0.2) is 5.78 Å². The monoisotopic (exact) mass is 308 g/mol. The van der Waals surface area contributed by atoms with Gasteiger partial charge >= 0.3 is 5.97 Å². The van der Waals surface area contributed by atoms with Gasteiger partial charge in [-0.3, -0.25) is 4.79 Å². The van der Waals surface area contributed by atoms with Gasteiger partial charge in [-0.1, -0.05) is 68.1 Å². The van der Waals surface area contributed by atoms with Crippen molar-refractivity contribution in [1.29, 1.82) is 0 Å². The third-order valence-corrected chi connectivity index (χ3v) is 3.56. The molecule has 2 aromatic carbocycles. The standard InChI is InChI=1S/C20H20O3/c1-4-18(23-20(22)14(2)3)16-12-8-9-13-17(16)19(21)15-10-6-5-7-11-15/h5-13,18H,2,4H2,1,3H3. The Kier molecular flexibility index (Phi) is 5.47. The molecule has 0 saturated heterocycles. The molecule has 1 unspecified atom stereocenters. The van der Waals surface area contributed by atoms with Crippen LogP contribution in [0.1, 0.15) is 47.9 Å². The number of ketones is 1. The zero-order valence-electron chi connectivity index (χ0n) is 13.4. The Morgan fingerprint density at radius 1 is 1.04 bits per heavy atom. The lowest BCUT2D eigenvalue weighted by molar-refractivity contribution is -0.144. The molecule has 0 saturated carbocycles. The lowest BCUT2D eigenvalue weighted by Gasteiger charge is -2.19. The number of esters is 1. The average molecular weight is 308 g/mol. The zero-order chi connectivity index (χ0) is 16.8. The van der Waals surface area contributed by atoms with Gasteiger partial charge in [0, 0.05) is 22.3 Å². The van der Waals surface area contributed by atoms with E-state index in [2.05, 4.69) is 6.58 Å². The second kappa shape index (κ2) is 7.54. The van der Waals surface area contributed by atoms with Crippen LogP contribution < -0.4 is 0 Å². The Morgan fingerprint density at radius 3 is 2.26 bits per heavy atom. The van der Waals surface area contributed by atoms with Gasteiger partial charge in [0.05, 0.1) is 0 Å². The van der Waals surface area contributed by atoms with Crippen molar-refractivity contribution in [2.75, 3.05) is 0 Å². The molecule has 1 atom stereocenters. The summed E-state index contributed by atoms with van der Waals surface area (Å²) in [5.41, 5.74) is 2.23. The minimum Gasteiger partial charge on any atom is -0.454 e. The molecular formula is C20H20O3. The molecule has 0 aromatic heterocycles. The fourth-order valence-corrected chi connectivity index (χ4v) is 2.33. The van der Waals surface area contributed by atoms with Crippen molar-refractivity contribution in [2.24, 2.45) is 0 Å². The molecule has 2 aromatic rings. The summed E-state index contributed by atoms with van der Waals surface area (Å²) in [4.78, 5) is 24.6. The minimum absolute atomic E-state index is 0.0778. The summed E-state index contributed by atoms with van der Waals surface area (Å²) in [6.45, 7) is 7.12. The fourth-order valence-electron chi connectivity index (χ4n) is 2.33. The van der Waals surface area contributed by atoms with E-state index in [-0.39, 0.29) is 5.78 Å². The number of benzene rings is 2. The predicted molar refractivity (Wildman–Crippen MR) is 90.3 cm³/mol. The van der Waals surface area contributed by atoms with Crippen molar-refractivity contribution < 1.29 is 14.3 Å². The van der Waals surface area contributed by atoms with Gasteiger partial charge in [-0.05, 0) is 13.3 Å². The maximum Gasteiger partial charge on any atom is 0.333 e. The van der Waals surface area contributed by atoms with Gasteiger partial charge in [0.2, 0.25) is 0 Å². The van der Waals surface area contributed by atoms with Crippen molar-refractivity contribution in [3.63, 3.8) is 0 Å². The second-order valence-corrected chi connectivity index (χ2v) is 5.36. The highest BCUT2D eigenvalue weighted by Crippen LogP contribution is 2.27. The molecule has 0 heterocycles. The Morgan fingerprint density at radius 2 is 1.65 bits per heavy atom. The number of carbonyl (C=O) groups is 2. The smallest absolute Gasteiger partial charge is 0.333 e. The molecule has 0 aliphatic heterocycles. The van der Waals surface area contributed by atoms with Crippen molar-refractivity contribution in [1.82, 2.24) is 0 Å². The Hall–Kier alpha value is -2.68. The molecular weight excluding hydrogens is 288 g/mol. The van der Waals surface area contributed by atoms with Crippen LogP contribution in [0.25, 0.3) is 0 Å². The van der Waals surface area contributed by atoms with E-state index in [9.17, 15) is 9.59 Å². The summed E-state index contributed by atoms with van der Waals surface area (Å²) < 4.78 is 5.48. The molecule has 0 aliphatic carbocycles. The molecule has 0 amide bonds. The highest BCUT2D eigenvalue weighted by Gasteiger charge is 2.22. The quantitative estimate of drug-likeness (QED) is 0.449. The average Bonchev–Trinajstić information content (AvgIpc) is 2.59. The summed E-state index contributed by atoms with van der Waals surface area (Å²) in [6.07, 6.45) is 0.112. The zero-order valence-corrected chi connectivity index (χ0v) is 13.4. The lowest BCUT2D eigenvalue weighted by Crippen LogP contribution is -2.15.